The van der Waals surface area contributed by atoms with Crippen LogP contribution in [0.1, 0.15) is 24.1 Å². The second kappa shape index (κ2) is 6.46. The number of nitro groups is 1. The van der Waals surface area contributed by atoms with Crippen molar-refractivity contribution in [2.75, 3.05) is 18.5 Å². The molecule has 7 heteroatoms. The zero-order valence-corrected chi connectivity index (χ0v) is 13.0. The van der Waals surface area contributed by atoms with Crippen molar-refractivity contribution in [3.8, 4) is 17.6 Å². The topological polar surface area (TPSA) is 97.4 Å². The van der Waals surface area contributed by atoms with Gasteiger partial charge in [-0.25, -0.2) is 0 Å². The summed E-state index contributed by atoms with van der Waals surface area (Å²) in [5.41, 5.74) is 1.63. The van der Waals surface area contributed by atoms with Gasteiger partial charge >= 0.3 is 0 Å². The van der Waals surface area contributed by atoms with Crippen molar-refractivity contribution in [3.05, 3.63) is 57.6 Å². The minimum absolute atomic E-state index is 0.107. The van der Waals surface area contributed by atoms with Crippen molar-refractivity contribution >= 4 is 11.4 Å². The van der Waals surface area contributed by atoms with E-state index in [-0.39, 0.29) is 17.3 Å². The number of benzene rings is 2. The fraction of sp³-hybridized carbons (Fsp3) is 0.235. The smallest absolute Gasteiger partial charge is 0.270 e. The van der Waals surface area contributed by atoms with Gasteiger partial charge in [0, 0.05) is 18.2 Å². The summed E-state index contributed by atoms with van der Waals surface area (Å²) in [6.45, 7) is 2.99. The van der Waals surface area contributed by atoms with Gasteiger partial charge in [0.1, 0.15) is 19.3 Å². The van der Waals surface area contributed by atoms with E-state index in [1.165, 1.54) is 12.1 Å². The molecule has 122 valence electrons. The normalized spacial score (nSPS) is 13.7. The van der Waals surface area contributed by atoms with Gasteiger partial charge in [-0.1, -0.05) is 6.07 Å². The van der Waals surface area contributed by atoms with Crippen LogP contribution in [0.15, 0.2) is 36.4 Å². The van der Waals surface area contributed by atoms with E-state index in [0.717, 1.165) is 5.56 Å². The first kappa shape index (κ1) is 15.6. The van der Waals surface area contributed by atoms with Gasteiger partial charge in [0.05, 0.1) is 16.2 Å². The van der Waals surface area contributed by atoms with E-state index in [9.17, 15) is 15.4 Å². The van der Waals surface area contributed by atoms with Gasteiger partial charge in [-0.2, -0.15) is 5.26 Å². The Kier molecular flexibility index (Phi) is 4.20. The van der Waals surface area contributed by atoms with E-state index >= 15 is 0 Å². The molecule has 0 bridgehead atoms. The Morgan fingerprint density at radius 1 is 1.21 bits per heavy atom. The number of nitrogens with zero attached hydrogens (tertiary/aromatic N) is 2. The van der Waals surface area contributed by atoms with Gasteiger partial charge in [0.15, 0.2) is 11.5 Å². The highest BCUT2D eigenvalue weighted by Crippen LogP contribution is 2.34. The predicted octanol–water partition coefficient (Wildman–Crippen LogP) is 3.41. The lowest BCUT2D eigenvalue weighted by Gasteiger charge is -2.21. The Bertz CT molecular complexity index is 829. The number of ether oxygens (including phenoxy) is 2. The molecule has 1 aliphatic heterocycles. The Morgan fingerprint density at radius 3 is 2.67 bits per heavy atom. The lowest BCUT2D eigenvalue weighted by molar-refractivity contribution is -0.384. The standard InChI is InChI=1S/C17H15N3O4/c1-11(12-2-5-16-17(9-12)24-7-6-23-16)19-15-4-3-14(20(21)22)8-13(15)10-18/h2-5,8-9,11,19H,6-7H2,1H3/t11-/m1/s1. The number of nitrogens with one attached hydrogen (secondary N) is 1. The van der Waals surface area contributed by atoms with Crippen LogP contribution in [0, 0.1) is 21.4 Å². The maximum Gasteiger partial charge on any atom is 0.270 e. The third-order valence-corrected chi connectivity index (χ3v) is 3.77. The molecule has 1 atom stereocenters. The SMILES string of the molecule is C[C@@H](Nc1ccc([N+](=O)[O-])cc1C#N)c1ccc2c(c1)OCCO2. The highest BCUT2D eigenvalue weighted by Gasteiger charge is 2.16. The molecule has 0 radical (unpaired) electrons. The molecule has 3 rings (SSSR count). The van der Waals surface area contributed by atoms with Crippen molar-refractivity contribution in [2.24, 2.45) is 0 Å². The maximum absolute atomic E-state index is 10.8. The van der Waals surface area contributed by atoms with Crippen molar-refractivity contribution < 1.29 is 14.4 Å². The first-order valence-electron chi connectivity index (χ1n) is 7.43. The van der Waals surface area contributed by atoms with Crippen molar-refractivity contribution in [3.63, 3.8) is 0 Å². The molecule has 24 heavy (non-hydrogen) atoms. The zero-order chi connectivity index (χ0) is 17.1. The monoisotopic (exact) mass is 325 g/mol. The molecule has 1 heterocycles. The van der Waals surface area contributed by atoms with Gasteiger partial charge < -0.3 is 14.8 Å². The van der Waals surface area contributed by atoms with E-state index in [0.29, 0.717) is 30.4 Å². The number of hydrogen-bond donors (Lipinski definition) is 1. The summed E-state index contributed by atoms with van der Waals surface area (Å²) in [6.07, 6.45) is 0. The van der Waals surface area contributed by atoms with Crippen LogP contribution in [0.25, 0.3) is 0 Å². The molecule has 0 saturated carbocycles. The molecule has 0 amide bonds. The molecule has 0 saturated heterocycles. The third kappa shape index (κ3) is 3.08. The van der Waals surface area contributed by atoms with Crippen molar-refractivity contribution in [1.82, 2.24) is 0 Å². The highest BCUT2D eigenvalue weighted by molar-refractivity contribution is 5.62. The molecule has 2 aromatic rings. The fourth-order valence-corrected chi connectivity index (χ4v) is 2.51. The number of anilines is 1. The number of nitriles is 1. The van der Waals surface area contributed by atoms with Gasteiger partial charge in [-0.3, -0.25) is 10.1 Å². The van der Waals surface area contributed by atoms with Crippen LogP contribution >= 0.6 is 0 Å². The quantitative estimate of drug-likeness (QED) is 0.683. The first-order valence-corrected chi connectivity index (χ1v) is 7.43. The summed E-state index contributed by atoms with van der Waals surface area (Å²) in [5, 5.41) is 23.2. The highest BCUT2D eigenvalue weighted by atomic mass is 16.6. The lowest BCUT2D eigenvalue weighted by Crippen LogP contribution is -2.16. The predicted molar refractivity (Wildman–Crippen MR) is 87.3 cm³/mol. The third-order valence-electron chi connectivity index (χ3n) is 3.77. The number of hydrogen-bond acceptors (Lipinski definition) is 6. The molecule has 0 aromatic heterocycles. The van der Waals surface area contributed by atoms with Gasteiger partial charge in [0.2, 0.25) is 0 Å². The summed E-state index contributed by atoms with van der Waals surface area (Å²) >= 11 is 0. The number of rotatable bonds is 4. The molecule has 7 nitrogen and oxygen atoms in total. The molecular formula is C17H15N3O4. The first-order chi connectivity index (χ1) is 11.6. The second-order valence-electron chi connectivity index (χ2n) is 5.37. The van der Waals surface area contributed by atoms with E-state index in [2.05, 4.69) is 5.32 Å². The number of fused-ring (bicyclic) bond motifs is 1. The van der Waals surface area contributed by atoms with Crippen LogP contribution < -0.4 is 14.8 Å². The minimum atomic E-state index is -0.519. The van der Waals surface area contributed by atoms with Gasteiger partial charge in [-0.05, 0) is 30.7 Å². The molecule has 0 aliphatic carbocycles. The van der Waals surface area contributed by atoms with Crippen LogP contribution in [0.3, 0.4) is 0 Å². The Balaban J connectivity index is 1.83. The van der Waals surface area contributed by atoms with Crippen molar-refractivity contribution in [1.29, 1.82) is 5.26 Å². The Morgan fingerprint density at radius 2 is 1.96 bits per heavy atom. The van der Waals surface area contributed by atoms with E-state index in [1.807, 2.05) is 31.2 Å². The average Bonchev–Trinajstić information content (AvgIpc) is 2.61. The molecular weight excluding hydrogens is 310 g/mol. The summed E-state index contributed by atoms with van der Waals surface area (Å²) in [4.78, 5) is 10.3. The fourth-order valence-electron chi connectivity index (χ4n) is 2.51. The summed E-state index contributed by atoms with van der Waals surface area (Å²) in [6, 6.07) is 11.7. The van der Waals surface area contributed by atoms with Crippen LogP contribution in [0.2, 0.25) is 0 Å². The van der Waals surface area contributed by atoms with E-state index < -0.39 is 4.92 Å². The van der Waals surface area contributed by atoms with Crippen LogP contribution in [-0.2, 0) is 0 Å². The average molecular weight is 325 g/mol. The Labute approximate surface area is 138 Å². The van der Waals surface area contributed by atoms with E-state index in [4.69, 9.17) is 9.47 Å². The Hall–Kier alpha value is -3.27. The molecule has 2 aromatic carbocycles. The van der Waals surface area contributed by atoms with Gasteiger partial charge in [-0.15, -0.1) is 0 Å². The minimum Gasteiger partial charge on any atom is -0.486 e. The van der Waals surface area contributed by atoms with Gasteiger partial charge in [0.25, 0.3) is 5.69 Å². The molecule has 1 N–H and O–H groups in total. The molecule has 0 spiro atoms. The largest absolute Gasteiger partial charge is 0.486 e. The zero-order valence-electron chi connectivity index (χ0n) is 13.0. The number of nitro benzene ring substituents is 1. The van der Waals surface area contributed by atoms with Crippen molar-refractivity contribution in [2.45, 2.75) is 13.0 Å². The summed E-state index contributed by atoms with van der Waals surface area (Å²) in [7, 11) is 0. The van der Waals surface area contributed by atoms with Crippen LogP contribution in [0.4, 0.5) is 11.4 Å². The maximum atomic E-state index is 10.8. The van der Waals surface area contributed by atoms with E-state index in [1.54, 1.807) is 6.07 Å². The number of non-ortho nitro benzene ring substituents is 1. The lowest BCUT2D eigenvalue weighted by atomic mass is 10.1. The molecule has 0 unspecified atom stereocenters. The molecule has 0 fully saturated rings. The molecule has 1 aliphatic rings. The second-order valence-corrected chi connectivity index (χ2v) is 5.37. The summed E-state index contributed by atoms with van der Waals surface area (Å²) in [5.74, 6) is 1.40. The van der Waals surface area contributed by atoms with Crippen LogP contribution in [0.5, 0.6) is 11.5 Å². The summed E-state index contributed by atoms with van der Waals surface area (Å²) < 4.78 is 11.1. The van der Waals surface area contributed by atoms with Crippen LogP contribution in [-0.4, -0.2) is 18.1 Å².